The van der Waals surface area contributed by atoms with E-state index in [0.29, 0.717) is 22.5 Å². The molecule has 2 aromatic heterocycles. The van der Waals surface area contributed by atoms with E-state index in [0.717, 1.165) is 5.39 Å². The third-order valence-corrected chi connectivity index (χ3v) is 6.46. The van der Waals surface area contributed by atoms with Crippen molar-refractivity contribution in [1.29, 1.82) is 0 Å². The van der Waals surface area contributed by atoms with Crippen LogP contribution in [0, 0.1) is 0 Å². The van der Waals surface area contributed by atoms with E-state index in [1.54, 1.807) is 36.5 Å². The van der Waals surface area contributed by atoms with Crippen molar-refractivity contribution >= 4 is 43.8 Å². The van der Waals surface area contributed by atoms with Gasteiger partial charge in [-0.1, -0.05) is 36.5 Å². The van der Waals surface area contributed by atoms with E-state index in [1.807, 2.05) is 6.07 Å². The summed E-state index contributed by atoms with van der Waals surface area (Å²) in [5.74, 6) is 0. The average molecular weight is 387 g/mol. The standard InChI is InChI=1S/C18H18N4O2S2/c1-3-16(13-7-5-9-20-11-13)26(23,24)22(2)15-8-4-6-12-10-14(18(19)25)21-17(12)15/h3-11,16,21H,1H2,2H3,(H2,19,25). The van der Waals surface area contributed by atoms with Crippen LogP contribution in [-0.2, 0) is 10.0 Å². The van der Waals surface area contributed by atoms with E-state index < -0.39 is 15.3 Å². The van der Waals surface area contributed by atoms with Crippen molar-refractivity contribution in [1.82, 2.24) is 9.97 Å². The molecule has 3 aromatic rings. The van der Waals surface area contributed by atoms with E-state index in [4.69, 9.17) is 18.0 Å². The second kappa shape index (κ2) is 6.89. The highest BCUT2D eigenvalue weighted by Crippen LogP contribution is 2.33. The number of rotatable bonds is 6. The van der Waals surface area contributed by atoms with E-state index in [2.05, 4.69) is 16.5 Å². The number of thiocarbonyl (C=S) groups is 1. The highest BCUT2D eigenvalue weighted by molar-refractivity contribution is 7.93. The molecule has 0 spiro atoms. The highest BCUT2D eigenvalue weighted by atomic mass is 32.2. The number of para-hydroxylation sites is 1. The number of sulfonamides is 1. The number of nitrogens with one attached hydrogen (secondary N) is 1. The molecule has 1 atom stereocenters. The van der Waals surface area contributed by atoms with Gasteiger partial charge in [0.05, 0.1) is 16.9 Å². The molecule has 0 bridgehead atoms. The van der Waals surface area contributed by atoms with Crippen molar-refractivity contribution in [2.24, 2.45) is 5.73 Å². The molecule has 3 N–H and O–H groups in total. The topological polar surface area (TPSA) is 92.1 Å². The van der Waals surface area contributed by atoms with Crippen LogP contribution in [0.4, 0.5) is 5.69 Å². The average Bonchev–Trinajstić information content (AvgIpc) is 3.07. The summed E-state index contributed by atoms with van der Waals surface area (Å²) >= 11 is 5.00. The van der Waals surface area contributed by atoms with Crippen LogP contribution >= 0.6 is 12.2 Å². The quantitative estimate of drug-likeness (QED) is 0.502. The fraction of sp³-hybridized carbons (Fsp3) is 0.111. The lowest BCUT2D eigenvalue weighted by Gasteiger charge is -2.24. The fourth-order valence-electron chi connectivity index (χ4n) is 2.82. The maximum absolute atomic E-state index is 13.2. The number of pyridine rings is 1. The molecule has 2 heterocycles. The van der Waals surface area contributed by atoms with Gasteiger partial charge in [-0.2, -0.15) is 0 Å². The Morgan fingerprint density at radius 1 is 1.38 bits per heavy atom. The lowest BCUT2D eigenvalue weighted by molar-refractivity contribution is 0.588. The zero-order valence-corrected chi connectivity index (χ0v) is 15.7. The Morgan fingerprint density at radius 3 is 2.77 bits per heavy atom. The number of H-pyrrole nitrogens is 1. The molecule has 0 saturated carbocycles. The lowest BCUT2D eigenvalue weighted by atomic mass is 10.2. The monoisotopic (exact) mass is 386 g/mol. The second-order valence-electron chi connectivity index (χ2n) is 5.74. The molecule has 0 aliphatic rings. The van der Waals surface area contributed by atoms with Gasteiger partial charge in [-0.25, -0.2) is 8.42 Å². The zero-order chi connectivity index (χ0) is 18.9. The molecule has 3 rings (SSSR count). The molecule has 0 saturated heterocycles. The van der Waals surface area contributed by atoms with Gasteiger partial charge in [-0.15, -0.1) is 6.58 Å². The number of nitrogens with zero attached hydrogens (tertiary/aromatic N) is 2. The SMILES string of the molecule is C=CC(c1cccnc1)S(=O)(=O)N(C)c1cccc2cc(C(N)=S)[nH]c12. The predicted octanol–water partition coefficient (Wildman–Crippen LogP) is 2.89. The number of nitrogens with two attached hydrogens (primary N) is 1. The number of benzene rings is 1. The molecular weight excluding hydrogens is 368 g/mol. The first-order valence-corrected chi connectivity index (χ1v) is 9.69. The summed E-state index contributed by atoms with van der Waals surface area (Å²) < 4.78 is 27.7. The van der Waals surface area contributed by atoms with E-state index in [9.17, 15) is 8.42 Å². The molecular formula is C18H18N4O2S2. The molecule has 1 unspecified atom stereocenters. The Morgan fingerprint density at radius 2 is 2.15 bits per heavy atom. The second-order valence-corrected chi connectivity index (χ2v) is 8.27. The van der Waals surface area contributed by atoms with Crippen LogP contribution in [0.3, 0.4) is 0 Å². The van der Waals surface area contributed by atoms with Gasteiger partial charge in [0.1, 0.15) is 10.2 Å². The molecule has 26 heavy (non-hydrogen) atoms. The minimum absolute atomic E-state index is 0.219. The number of hydrogen-bond donors (Lipinski definition) is 2. The van der Waals surface area contributed by atoms with Crippen molar-refractivity contribution in [3.8, 4) is 0 Å². The summed E-state index contributed by atoms with van der Waals surface area (Å²) in [6.45, 7) is 3.69. The Bertz CT molecular complexity index is 1080. The molecule has 8 heteroatoms. The summed E-state index contributed by atoms with van der Waals surface area (Å²) in [5, 5.41) is -0.0923. The number of anilines is 1. The summed E-state index contributed by atoms with van der Waals surface area (Å²) in [6, 6.07) is 10.6. The molecule has 6 nitrogen and oxygen atoms in total. The highest BCUT2D eigenvalue weighted by Gasteiger charge is 2.30. The van der Waals surface area contributed by atoms with Crippen molar-refractivity contribution in [3.05, 3.63) is 72.7 Å². The van der Waals surface area contributed by atoms with Crippen molar-refractivity contribution in [2.45, 2.75) is 5.25 Å². The van der Waals surface area contributed by atoms with E-state index >= 15 is 0 Å². The Kier molecular flexibility index (Phi) is 4.80. The lowest BCUT2D eigenvalue weighted by Crippen LogP contribution is -2.31. The first-order chi connectivity index (χ1) is 12.4. The van der Waals surface area contributed by atoms with Crippen LogP contribution < -0.4 is 10.0 Å². The summed E-state index contributed by atoms with van der Waals surface area (Å²) in [6.07, 6.45) is 4.52. The maximum atomic E-state index is 13.2. The van der Waals surface area contributed by atoms with Gasteiger partial charge < -0.3 is 10.7 Å². The Labute approximate surface area is 157 Å². The third-order valence-electron chi connectivity index (χ3n) is 4.17. The van der Waals surface area contributed by atoms with Gasteiger partial charge in [0, 0.05) is 24.8 Å². The van der Waals surface area contributed by atoms with Crippen molar-refractivity contribution < 1.29 is 8.42 Å². The van der Waals surface area contributed by atoms with E-state index in [1.165, 1.54) is 23.6 Å². The van der Waals surface area contributed by atoms with Crippen molar-refractivity contribution in [2.75, 3.05) is 11.4 Å². The number of aromatic nitrogens is 2. The summed E-state index contributed by atoms with van der Waals surface area (Å²) in [7, 11) is -2.26. The van der Waals surface area contributed by atoms with Gasteiger partial charge in [0.2, 0.25) is 10.0 Å². The number of hydrogen-bond acceptors (Lipinski definition) is 4. The Balaban J connectivity index is 2.10. The minimum atomic E-state index is -3.77. The minimum Gasteiger partial charge on any atom is -0.388 e. The molecule has 0 radical (unpaired) electrons. The molecule has 0 fully saturated rings. The van der Waals surface area contributed by atoms with Crippen LogP contribution in [0.1, 0.15) is 16.5 Å². The zero-order valence-electron chi connectivity index (χ0n) is 14.1. The Hall–Kier alpha value is -2.71. The summed E-state index contributed by atoms with van der Waals surface area (Å²) in [5.41, 5.74) is 7.97. The van der Waals surface area contributed by atoms with Crippen LogP contribution in [0.2, 0.25) is 0 Å². The maximum Gasteiger partial charge on any atom is 0.245 e. The van der Waals surface area contributed by atoms with Crippen LogP contribution in [-0.4, -0.2) is 30.4 Å². The van der Waals surface area contributed by atoms with Gasteiger partial charge in [0.15, 0.2) is 0 Å². The first-order valence-electron chi connectivity index (χ1n) is 7.78. The van der Waals surface area contributed by atoms with Crippen LogP contribution in [0.25, 0.3) is 10.9 Å². The normalized spacial score (nSPS) is 12.7. The number of fused-ring (bicyclic) bond motifs is 1. The molecule has 0 aliphatic carbocycles. The van der Waals surface area contributed by atoms with Gasteiger partial charge in [-0.05, 0) is 23.8 Å². The van der Waals surface area contributed by atoms with Gasteiger partial charge in [0.25, 0.3) is 0 Å². The molecule has 0 amide bonds. The number of aromatic amines is 1. The fourth-order valence-corrected chi connectivity index (χ4v) is 4.42. The first kappa shape index (κ1) is 18.1. The van der Waals surface area contributed by atoms with Crippen molar-refractivity contribution in [3.63, 3.8) is 0 Å². The molecule has 0 aliphatic heterocycles. The molecule has 134 valence electrons. The summed E-state index contributed by atoms with van der Waals surface area (Å²) in [4.78, 5) is 7.33. The molecule has 1 aromatic carbocycles. The smallest absolute Gasteiger partial charge is 0.245 e. The van der Waals surface area contributed by atoms with E-state index in [-0.39, 0.29) is 4.99 Å². The van der Waals surface area contributed by atoms with Crippen LogP contribution in [0.5, 0.6) is 0 Å². The van der Waals surface area contributed by atoms with Crippen LogP contribution in [0.15, 0.2) is 61.4 Å². The predicted molar refractivity (Wildman–Crippen MR) is 109 cm³/mol. The van der Waals surface area contributed by atoms with Gasteiger partial charge in [-0.3, -0.25) is 9.29 Å². The van der Waals surface area contributed by atoms with Gasteiger partial charge >= 0.3 is 0 Å². The third kappa shape index (κ3) is 3.09. The largest absolute Gasteiger partial charge is 0.388 e.